The highest BCUT2D eigenvalue weighted by molar-refractivity contribution is 5.93. The molecule has 0 fully saturated rings. The van der Waals surface area contributed by atoms with E-state index in [-0.39, 0.29) is 12.5 Å². The maximum absolute atomic E-state index is 11.8. The van der Waals surface area contributed by atoms with E-state index in [1.807, 2.05) is 26.0 Å². The molecule has 0 unspecified atom stereocenters. The van der Waals surface area contributed by atoms with Crippen LogP contribution in [0.2, 0.25) is 0 Å². The fourth-order valence-corrected chi connectivity index (χ4v) is 2.32. The van der Waals surface area contributed by atoms with E-state index in [0.717, 1.165) is 11.1 Å². The van der Waals surface area contributed by atoms with Gasteiger partial charge in [0.2, 0.25) is 5.91 Å². The number of carbonyl (C=O) groups is 3. The summed E-state index contributed by atoms with van der Waals surface area (Å²) in [5.41, 5.74) is 3.17. The third-order valence-electron chi connectivity index (χ3n) is 3.53. The fourth-order valence-electron chi connectivity index (χ4n) is 2.32. The molecule has 2 aromatic rings. The molecule has 0 aliphatic heterocycles. The quantitative estimate of drug-likeness (QED) is 0.731. The summed E-state index contributed by atoms with van der Waals surface area (Å²) in [6.07, 6.45) is 0. The van der Waals surface area contributed by atoms with Gasteiger partial charge in [-0.25, -0.2) is 4.79 Å². The van der Waals surface area contributed by atoms with E-state index in [9.17, 15) is 14.4 Å². The van der Waals surface area contributed by atoms with Gasteiger partial charge in [-0.2, -0.15) is 0 Å². The number of hydrogen-bond donors (Lipinski definition) is 2. The van der Waals surface area contributed by atoms with Gasteiger partial charge in [-0.05, 0) is 49.7 Å². The Bertz CT molecular complexity index is 831. The van der Waals surface area contributed by atoms with Gasteiger partial charge >= 0.3 is 5.97 Å². The molecule has 7 nitrogen and oxygen atoms in total. The zero-order valence-corrected chi connectivity index (χ0v) is 15.5. The van der Waals surface area contributed by atoms with Crippen molar-refractivity contribution in [2.45, 2.75) is 20.8 Å². The van der Waals surface area contributed by atoms with Crippen LogP contribution >= 0.6 is 0 Å². The van der Waals surface area contributed by atoms with Crippen LogP contribution in [-0.2, 0) is 19.1 Å². The largest absolute Gasteiger partial charge is 0.482 e. The summed E-state index contributed by atoms with van der Waals surface area (Å²) in [5, 5.41) is 5.22. The molecule has 0 spiro atoms. The van der Waals surface area contributed by atoms with Gasteiger partial charge in [0.15, 0.2) is 13.2 Å². The van der Waals surface area contributed by atoms with Gasteiger partial charge in [0.25, 0.3) is 5.91 Å². The normalized spacial score (nSPS) is 10.0. The maximum Gasteiger partial charge on any atom is 0.344 e. The summed E-state index contributed by atoms with van der Waals surface area (Å²) < 4.78 is 10.3. The Morgan fingerprint density at radius 1 is 0.889 bits per heavy atom. The highest BCUT2D eigenvalue weighted by Crippen LogP contribution is 2.18. The van der Waals surface area contributed by atoms with Crippen LogP contribution in [0.3, 0.4) is 0 Å². The Hall–Kier alpha value is -3.35. The van der Waals surface area contributed by atoms with Crippen LogP contribution in [-0.4, -0.2) is 31.0 Å². The monoisotopic (exact) mass is 370 g/mol. The van der Waals surface area contributed by atoms with Crippen LogP contribution < -0.4 is 15.4 Å². The van der Waals surface area contributed by atoms with Gasteiger partial charge in [0.1, 0.15) is 5.75 Å². The molecule has 0 bridgehead atoms. The first-order chi connectivity index (χ1) is 12.8. The van der Waals surface area contributed by atoms with Gasteiger partial charge in [-0.1, -0.05) is 17.7 Å². The molecule has 0 atom stereocenters. The van der Waals surface area contributed by atoms with Crippen LogP contribution in [0.25, 0.3) is 0 Å². The summed E-state index contributed by atoms with van der Waals surface area (Å²) in [7, 11) is 0. The molecule has 0 saturated carbocycles. The van der Waals surface area contributed by atoms with Crippen molar-refractivity contribution in [2.75, 3.05) is 23.8 Å². The van der Waals surface area contributed by atoms with Gasteiger partial charge < -0.3 is 20.1 Å². The number of esters is 1. The Morgan fingerprint density at radius 2 is 1.52 bits per heavy atom. The first kappa shape index (κ1) is 20.0. The number of rotatable bonds is 7. The maximum atomic E-state index is 11.8. The SMILES string of the molecule is CC(=O)Nc1ccc(NC(=O)COC(=O)COc2ccc(C)cc2C)cc1. The van der Waals surface area contributed by atoms with E-state index < -0.39 is 18.5 Å². The lowest BCUT2D eigenvalue weighted by Crippen LogP contribution is -2.23. The van der Waals surface area contributed by atoms with Crippen molar-refractivity contribution in [1.29, 1.82) is 0 Å². The van der Waals surface area contributed by atoms with Crippen molar-refractivity contribution in [3.8, 4) is 5.75 Å². The highest BCUT2D eigenvalue weighted by Gasteiger charge is 2.10. The van der Waals surface area contributed by atoms with Crippen molar-refractivity contribution in [2.24, 2.45) is 0 Å². The molecule has 142 valence electrons. The van der Waals surface area contributed by atoms with Gasteiger partial charge in [-0.3, -0.25) is 9.59 Å². The van der Waals surface area contributed by atoms with E-state index in [4.69, 9.17) is 9.47 Å². The van der Waals surface area contributed by atoms with E-state index in [2.05, 4.69) is 10.6 Å². The predicted molar refractivity (Wildman–Crippen MR) is 102 cm³/mol. The molecule has 0 aromatic heterocycles. The second-order valence-electron chi connectivity index (χ2n) is 6.03. The molecular formula is C20H22N2O5. The minimum atomic E-state index is -0.633. The Morgan fingerprint density at radius 3 is 2.11 bits per heavy atom. The van der Waals surface area contributed by atoms with E-state index >= 15 is 0 Å². The lowest BCUT2D eigenvalue weighted by molar-refractivity contribution is -0.149. The summed E-state index contributed by atoms with van der Waals surface area (Å²) in [6, 6.07) is 12.2. The van der Waals surface area contributed by atoms with Crippen LogP contribution in [0, 0.1) is 13.8 Å². The number of hydrogen-bond acceptors (Lipinski definition) is 5. The van der Waals surface area contributed by atoms with Crippen molar-refractivity contribution < 1.29 is 23.9 Å². The van der Waals surface area contributed by atoms with Crippen LogP contribution in [0.15, 0.2) is 42.5 Å². The second kappa shape index (κ2) is 9.38. The topological polar surface area (TPSA) is 93.7 Å². The van der Waals surface area contributed by atoms with Crippen LogP contribution in [0.1, 0.15) is 18.1 Å². The number of anilines is 2. The van der Waals surface area contributed by atoms with E-state index in [1.54, 1.807) is 30.3 Å². The molecule has 0 saturated heterocycles. The summed E-state index contributed by atoms with van der Waals surface area (Å²) >= 11 is 0. The average molecular weight is 370 g/mol. The number of aryl methyl sites for hydroxylation is 2. The highest BCUT2D eigenvalue weighted by atomic mass is 16.6. The molecule has 2 amide bonds. The molecule has 7 heteroatoms. The zero-order valence-electron chi connectivity index (χ0n) is 15.5. The molecular weight excluding hydrogens is 348 g/mol. The lowest BCUT2D eigenvalue weighted by atomic mass is 10.1. The van der Waals surface area contributed by atoms with Crippen molar-refractivity contribution >= 4 is 29.2 Å². The predicted octanol–water partition coefficient (Wildman–Crippen LogP) is 2.82. The van der Waals surface area contributed by atoms with Gasteiger partial charge in [0.05, 0.1) is 0 Å². The zero-order chi connectivity index (χ0) is 19.8. The van der Waals surface area contributed by atoms with Crippen molar-refractivity contribution in [3.05, 3.63) is 53.6 Å². The minimum absolute atomic E-state index is 0.179. The summed E-state index contributed by atoms with van der Waals surface area (Å²) in [5.74, 6) is -0.684. The summed E-state index contributed by atoms with van der Waals surface area (Å²) in [6.45, 7) is 4.58. The smallest absolute Gasteiger partial charge is 0.344 e. The fraction of sp³-hybridized carbons (Fsp3) is 0.250. The standard InChI is InChI=1S/C20H22N2O5/c1-13-4-9-18(14(2)10-13)26-12-20(25)27-11-19(24)22-17-7-5-16(6-8-17)21-15(3)23/h4-10H,11-12H2,1-3H3,(H,21,23)(H,22,24). The average Bonchev–Trinajstić information content (AvgIpc) is 2.60. The molecule has 2 aromatic carbocycles. The Labute approximate surface area is 157 Å². The Balaban J connectivity index is 1.74. The number of amides is 2. The third-order valence-corrected chi connectivity index (χ3v) is 3.53. The molecule has 0 aliphatic rings. The van der Waals surface area contributed by atoms with E-state index in [1.165, 1.54) is 6.92 Å². The second-order valence-corrected chi connectivity index (χ2v) is 6.03. The summed E-state index contributed by atoms with van der Waals surface area (Å²) in [4.78, 5) is 34.5. The molecule has 2 rings (SSSR count). The molecule has 0 radical (unpaired) electrons. The molecule has 27 heavy (non-hydrogen) atoms. The molecule has 0 aliphatic carbocycles. The number of benzene rings is 2. The first-order valence-corrected chi connectivity index (χ1v) is 8.36. The van der Waals surface area contributed by atoms with Crippen LogP contribution in [0.5, 0.6) is 5.75 Å². The van der Waals surface area contributed by atoms with Crippen molar-refractivity contribution in [3.63, 3.8) is 0 Å². The van der Waals surface area contributed by atoms with Gasteiger partial charge in [0, 0.05) is 18.3 Å². The van der Waals surface area contributed by atoms with Gasteiger partial charge in [-0.15, -0.1) is 0 Å². The molecule has 2 N–H and O–H groups in total. The third kappa shape index (κ3) is 6.81. The number of ether oxygens (including phenoxy) is 2. The lowest BCUT2D eigenvalue weighted by Gasteiger charge is -2.10. The number of nitrogens with one attached hydrogen (secondary N) is 2. The first-order valence-electron chi connectivity index (χ1n) is 8.36. The van der Waals surface area contributed by atoms with Crippen molar-refractivity contribution in [1.82, 2.24) is 0 Å². The van der Waals surface area contributed by atoms with Crippen LogP contribution in [0.4, 0.5) is 11.4 Å². The van der Waals surface area contributed by atoms with E-state index in [0.29, 0.717) is 17.1 Å². The minimum Gasteiger partial charge on any atom is -0.482 e. The number of carbonyl (C=O) groups excluding carboxylic acids is 3. The Kier molecular flexibility index (Phi) is 6.93. The molecule has 0 heterocycles.